The molecular formula is C54H41Cl2N7O3S2. The van der Waals surface area contributed by atoms with E-state index in [1.165, 1.54) is 22.7 Å². The van der Waals surface area contributed by atoms with Gasteiger partial charge in [-0.2, -0.15) is 0 Å². The van der Waals surface area contributed by atoms with Crippen molar-refractivity contribution in [1.82, 2.24) is 28.2 Å². The lowest BCUT2D eigenvalue weighted by Gasteiger charge is -2.30. The Morgan fingerprint density at radius 2 is 1.07 bits per heavy atom. The van der Waals surface area contributed by atoms with Crippen molar-refractivity contribution in [3.63, 3.8) is 0 Å². The van der Waals surface area contributed by atoms with Crippen molar-refractivity contribution in [2.75, 3.05) is 0 Å². The number of hydrogen-bond acceptors (Lipinski definition) is 8. The molecule has 336 valence electrons. The number of aryl methyl sites for hydroxylation is 4. The second kappa shape index (κ2) is 18.1. The molecule has 0 amide bonds. The van der Waals surface area contributed by atoms with Gasteiger partial charge in [0, 0.05) is 72.0 Å². The van der Waals surface area contributed by atoms with Crippen molar-refractivity contribution in [1.29, 1.82) is 0 Å². The van der Waals surface area contributed by atoms with Gasteiger partial charge in [-0.3, -0.25) is 9.59 Å². The number of aromatic nitrogens is 6. The molecule has 0 aliphatic rings. The lowest BCUT2D eigenvalue weighted by atomic mass is 9.84. The summed E-state index contributed by atoms with van der Waals surface area (Å²) in [6.07, 6.45) is 18.0. The van der Waals surface area contributed by atoms with E-state index in [0.717, 1.165) is 71.3 Å². The lowest BCUT2D eigenvalue weighted by molar-refractivity contribution is 0.121. The molecule has 10 rings (SSSR count). The molecule has 68 heavy (non-hydrogen) atoms. The van der Waals surface area contributed by atoms with Gasteiger partial charge in [-0.15, -0.1) is 35.5 Å². The number of halogens is 2. The van der Waals surface area contributed by atoms with E-state index >= 15 is 0 Å². The third kappa shape index (κ3) is 7.97. The minimum absolute atomic E-state index is 0.1000. The predicted molar refractivity (Wildman–Crippen MR) is 276 cm³/mol. The Kier molecular flexibility index (Phi) is 12.2. The molecule has 2 unspecified atom stereocenters. The van der Waals surface area contributed by atoms with Crippen LogP contribution < -0.4 is 16.9 Å². The van der Waals surface area contributed by atoms with Crippen molar-refractivity contribution in [3.05, 3.63) is 219 Å². The summed E-state index contributed by atoms with van der Waals surface area (Å²) in [7, 11) is 7.25. The van der Waals surface area contributed by atoms with Crippen LogP contribution in [0.4, 0.5) is 0 Å². The topological polar surface area (TPSA) is 126 Å². The Morgan fingerprint density at radius 1 is 0.603 bits per heavy atom. The van der Waals surface area contributed by atoms with Crippen LogP contribution in [0.2, 0.25) is 8.67 Å². The number of nitrogens with two attached hydrogens (primary N) is 1. The monoisotopic (exact) mass is 969 g/mol. The highest BCUT2D eigenvalue weighted by Gasteiger charge is 2.39. The summed E-state index contributed by atoms with van der Waals surface area (Å²) < 4.78 is 8.16. The summed E-state index contributed by atoms with van der Waals surface area (Å²) in [5.74, 6) is 5.32. The van der Waals surface area contributed by atoms with Crippen LogP contribution in [0.3, 0.4) is 0 Å². The fourth-order valence-electron chi connectivity index (χ4n) is 8.73. The minimum atomic E-state index is -1.50. The van der Waals surface area contributed by atoms with E-state index in [4.69, 9.17) is 41.8 Å². The second-order valence-corrected chi connectivity index (χ2v) is 19.8. The predicted octanol–water partition coefficient (Wildman–Crippen LogP) is 9.81. The number of fused-ring (bicyclic) bond motifs is 2. The molecule has 0 aliphatic carbocycles. The molecule has 10 aromatic rings. The average molecular weight is 971 g/mol. The van der Waals surface area contributed by atoms with Crippen LogP contribution in [0.5, 0.6) is 0 Å². The lowest BCUT2D eigenvalue weighted by Crippen LogP contribution is -2.40. The fraction of sp³-hybridized carbons (Fsp3) is 0.111. The van der Waals surface area contributed by atoms with E-state index in [9.17, 15) is 14.7 Å². The van der Waals surface area contributed by atoms with Crippen LogP contribution in [0.15, 0.2) is 156 Å². The molecule has 0 saturated carbocycles. The maximum absolute atomic E-state index is 12.8. The number of nitrogens with zero attached hydrogens (tertiary/aromatic N) is 6. The minimum Gasteiger partial charge on any atom is -0.374 e. The maximum Gasteiger partial charge on any atom is 0.251 e. The van der Waals surface area contributed by atoms with Crippen LogP contribution in [-0.4, -0.2) is 33.3 Å². The van der Waals surface area contributed by atoms with Gasteiger partial charge < -0.3 is 29.1 Å². The molecule has 0 saturated heterocycles. The van der Waals surface area contributed by atoms with E-state index in [1.807, 2.05) is 122 Å². The smallest absolute Gasteiger partial charge is 0.251 e. The second-order valence-electron chi connectivity index (χ2n) is 16.3. The summed E-state index contributed by atoms with van der Waals surface area (Å²) in [6.45, 7) is 0. The van der Waals surface area contributed by atoms with Crippen LogP contribution >= 0.6 is 45.9 Å². The SMILES string of the molecule is C#Cc1cccc(-c2cc(=O)n(C)c3ccc(C(N)(c4ccc(Cl)s4)c4cncn4C)cc23)c1.C#Cc1cccc(-c2cc(=O)n(C)c3ccc(C(O)(c4ccc(Cl)s4)c4cncn4C)cc23)c1. The van der Waals surface area contributed by atoms with E-state index < -0.39 is 11.1 Å². The first-order valence-electron chi connectivity index (χ1n) is 21.0. The molecule has 0 fully saturated rings. The summed E-state index contributed by atoms with van der Waals surface area (Å²) >= 11 is 15.3. The summed E-state index contributed by atoms with van der Waals surface area (Å²) in [5.41, 5.74) is 13.7. The number of imidazole rings is 2. The van der Waals surface area contributed by atoms with Gasteiger partial charge in [0.1, 0.15) is 5.54 Å². The first kappa shape index (κ1) is 45.9. The molecule has 0 radical (unpaired) electrons. The van der Waals surface area contributed by atoms with Crippen LogP contribution in [0.25, 0.3) is 44.1 Å². The Morgan fingerprint density at radius 3 is 1.53 bits per heavy atom. The van der Waals surface area contributed by atoms with Crippen LogP contribution in [0, 0.1) is 24.7 Å². The van der Waals surface area contributed by atoms with Crippen LogP contribution in [-0.2, 0) is 39.3 Å². The van der Waals surface area contributed by atoms with Gasteiger partial charge in [0.25, 0.3) is 11.1 Å². The Labute approximate surface area is 409 Å². The molecule has 6 aromatic heterocycles. The van der Waals surface area contributed by atoms with Gasteiger partial charge in [0.2, 0.25) is 0 Å². The molecule has 0 bridgehead atoms. The Bertz CT molecular complexity index is 3560. The van der Waals surface area contributed by atoms with E-state index in [-0.39, 0.29) is 11.1 Å². The van der Waals surface area contributed by atoms with Gasteiger partial charge in [-0.1, -0.05) is 71.4 Å². The van der Waals surface area contributed by atoms with Crippen molar-refractivity contribution < 1.29 is 5.11 Å². The molecule has 2 atom stereocenters. The Balaban J connectivity index is 0.000000170. The number of aliphatic hydroxyl groups is 1. The zero-order valence-corrected chi connectivity index (χ0v) is 40.3. The number of benzene rings is 4. The number of hydrogen-bond donors (Lipinski definition) is 2. The van der Waals surface area contributed by atoms with Gasteiger partial charge in [0.05, 0.1) is 56.1 Å². The molecule has 0 spiro atoms. The number of rotatable bonds is 8. The maximum atomic E-state index is 12.8. The summed E-state index contributed by atoms with van der Waals surface area (Å²) in [6, 6.07) is 37.4. The molecule has 4 aromatic carbocycles. The molecule has 14 heteroatoms. The zero-order chi connectivity index (χ0) is 48.1. The van der Waals surface area contributed by atoms with Gasteiger partial charge in [-0.25, -0.2) is 9.97 Å². The highest BCUT2D eigenvalue weighted by molar-refractivity contribution is 7.16. The van der Waals surface area contributed by atoms with Crippen molar-refractivity contribution in [2.24, 2.45) is 33.9 Å². The van der Waals surface area contributed by atoms with Crippen LogP contribution in [0.1, 0.15) is 43.4 Å². The van der Waals surface area contributed by atoms with E-state index in [2.05, 4.69) is 21.8 Å². The molecule has 3 N–H and O–H groups in total. The van der Waals surface area contributed by atoms with Gasteiger partial charge >= 0.3 is 0 Å². The third-order valence-electron chi connectivity index (χ3n) is 12.3. The fourth-order valence-corrected chi connectivity index (χ4v) is 11.1. The third-order valence-corrected chi connectivity index (χ3v) is 15.1. The highest BCUT2D eigenvalue weighted by atomic mass is 35.5. The first-order valence-corrected chi connectivity index (χ1v) is 23.4. The number of terminal acetylenes is 2. The summed E-state index contributed by atoms with van der Waals surface area (Å²) in [5, 5.41) is 13.9. The zero-order valence-electron chi connectivity index (χ0n) is 37.1. The van der Waals surface area contributed by atoms with Gasteiger partial charge in [-0.05, 0) is 106 Å². The normalized spacial score (nSPS) is 13.0. The molecule has 0 aliphatic heterocycles. The standard InChI is InChI=1S/C27H21ClN4OS.C27H20ClN3O2S/c1-4-17-6-5-7-18(12-17)20-14-26(33)32(3)22-9-8-19(13-21(20)22)27(29,23-15-30-16-31(23)2)24-10-11-25(28)34-24;1-4-17-6-5-7-18(12-17)20-14-26(32)31(3)22-9-8-19(13-21(20)22)27(33,23-15-29-16-30(23)2)24-10-11-25(28)34-24/h1,5-16H,29H2,2-3H3;1,5-16,33H,2-3H3. The largest absolute Gasteiger partial charge is 0.374 e. The summed E-state index contributed by atoms with van der Waals surface area (Å²) in [4.78, 5) is 35.7. The molecular weight excluding hydrogens is 930 g/mol. The number of pyridine rings is 2. The first-order chi connectivity index (χ1) is 32.6. The van der Waals surface area contributed by atoms with Crippen molar-refractivity contribution >= 4 is 67.7 Å². The van der Waals surface area contributed by atoms with Gasteiger partial charge in [0.15, 0.2) is 5.60 Å². The van der Waals surface area contributed by atoms with E-state index in [1.54, 1.807) is 71.0 Å². The molecule has 10 nitrogen and oxygen atoms in total. The quantitative estimate of drug-likeness (QED) is 0.146. The Hall–Kier alpha value is -7.26. The van der Waals surface area contributed by atoms with Crippen molar-refractivity contribution in [2.45, 2.75) is 11.1 Å². The average Bonchev–Trinajstić information content (AvgIpc) is 4.20. The molecule has 6 heterocycles. The number of thiophene rings is 2. The highest BCUT2D eigenvalue weighted by Crippen LogP contribution is 2.44. The van der Waals surface area contributed by atoms with Crippen molar-refractivity contribution in [3.8, 4) is 46.9 Å². The van der Waals surface area contributed by atoms with E-state index in [0.29, 0.717) is 24.8 Å².